The third-order valence-corrected chi connectivity index (χ3v) is 7.02. The minimum Gasteiger partial charge on any atom is -0.497 e. The van der Waals surface area contributed by atoms with E-state index in [0.29, 0.717) is 21.6 Å². The zero-order chi connectivity index (χ0) is 26.7. The van der Waals surface area contributed by atoms with Crippen LogP contribution < -0.4 is 30.0 Å². The average Bonchev–Trinajstić information content (AvgIpc) is 3.24. The Hall–Kier alpha value is -4.31. The minimum atomic E-state index is -0.927. The van der Waals surface area contributed by atoms with Crippen molar-refractivity contribution in [3.8, 4) is 11.5 Å². The predicted octanol–water partition coefficient (Wildman–Crippen LogP) is 1.57. The van der Waals surface area contributed by atoms with Crippen LogP contribution in [0.4, 0.5) is 0 Å². The maximum Gasteiger partial charge on any atom is 0.338 e. The average molecular weight is 523 g/mol. The van der Waals surface area contributed by atoms with Crippen LogP contribution in [0.2, 0.25) is 0 Å². The van der Waals surface area contributed by atoms with Gasteiger partial charge in [-0.15, -0.1) is 11.3 Å². The SMILES string of the molecule is CCOC(=O)C1=C(N)n2c(s/c(=C\c3ccc(OC)cc3)c2=O)=C(C(=O)OC)[C@@H]1c1ccc(OC)cc1. The van der Waals surface area contributed by atoms with E-state index in [9.17, 15) is 14.4 Å². The fourth-order valence-electron chi connectivity index (χ4n) is 4.15. The van der Waals surface area contributed by atoms with Gasteiger partial charge in [0.15, 0.2) is 0 Å². The van der Waals surface area contributed by atoms with Gasteiger partial charge < -0.3 is 24.7 Å². The highest BCUT2D eigenvalue weighted by Gasteiger charge is 2.39. The molecule has 1 atom stereocenters. The zero-order valence-corrected chi connectivity index (χ0v) is 21.6. The molecule has 0 bridgehead atoms. The second-order valence-corrected chi connectivity index (χ2v) is 8.99. The maximum atomic E-state index is 13.5. The Kier molecular flexibility index (Phi) is 7.49. The van der Waals surface area contributed by atoms with Crippen LogP contribution in [0.15, 0.2) is 58.9 Å². The molecular formula is C27H26N2O7S. The smallest absolute Gasteiger partial charge is 0.338 e. The number of hydrogen-bond donors (Lipinski definition) is 1. The van der Waals surface area contributed by atoms with E-state index in [1.165, 1.54) is 18.8 Å². The number of esters is 2. The monoisotopic (exact) mass is 522 g/mol. The fourth-order valence-corrected chi connectivity index (χ4v) is 5.31. The summed E-state index contributed by atoms with van der Waals surface area (Å²) in [5.41, 5.74) is 7.44. The first-order valence-electron chi connectivity index (χ1n) is 11.4. The maximum absolute atomic E-state index is 13.5. The topological polar surface area (TPSA) is 119 Å². The van der Waals surface area contributed by atoms with Crippen molar-refractivity contribution in [1.29, 1.82) is 0 Å². The number of nitrogens with zero attached hydrogens (tertiary/aromatic N) is 1. The first-order chi connectivity index (χ1) is 17.8. The third kappa shape index (κ3) is 4.75. The van der Waals surface area contributed by atoms with Gasteiger partial charge in [0.2, 0.25) is 0 Å². The highest BCUT2D eigenvalue weighted by atomic mass is 32.1. The van der Waals surface area contributed by atoms with E-state index in [1.54, 1.807) is 68.6 Å². The summed E-state index contributed by atoms with van der Waals surface area (Å²) in [6.07, 6.45) is 1.69. The summed E-state index contributed by atoms with van der Waals surface area (Å²) < 4.78 is 22.6. The van der Waals surface area contributed by atoms with E-state index in [4.69, 9.17) is 24.7 Å². The summed E-state index contributed by atoms with van der Waals surface area (Å²) in [4.78, 5) is 39.9. The number of carbonyl (C=O) groups excluding carboxylic acids is 2. The molecule has 2 aromatic carbocycles. The summed E-state index contributed by atoms with van der Waals surface area (Å²) in [6.45, 7) is 1.75. The van der Waals surface area contributed by atoms with Crippen molar-refractivity contribution in [2.24, 2.45) is 5.73 Å². The van der Waals surface area contributed by atoms with Crippen LogP contribution in [0.5, 0.6) is 11.5 Å². The van der Waals surface area contributed by atoms with Crippen LogP contribution in [-0.4, -0.2) is 44.4 Å². The van der Waals surface area contributed by atoms with Gasteiger partial charge in [-0.3, -0.25) is 9.36 Å². The number of benzene rings is 2. The Morgan fingerprint density at radius 2 is 1.54 bits per heavy atom. The molecule has 1 aliphatic rings. The van der Waals surface area contributed by atoms with Gasteiger partial charge in [0.05, 0.1) is 49.5 Å². The van der Waals surface area contributed by atoms with E-state index in [-0.39, 0.29) is 28.2 Å². The molecule has 0 radical (unpaired) electrons. The molecule has 0 saturated heterocycles. The second kappa shape index (κ2) is 10.8. The Labute approximate surface area is 216 Å². The van der Waals surface area contributed by atoms with E-state index >= 15 is 0 Å². The van der Waals surface area contributed by atoms with Crippen LogP contribution in [0, 0.1) is 0 Å². The third-order valence-electron chi connectivity index (χ3n) is 5.91. The normalized spacial score (nSPS) is 15.3. The molecule has 2 heterocycles. The summed E-state index contributed by atoms with van der Waals surface area (Å²) in [7, 11) is 4.35. The highest BCUT2D eigenvalue weighted by Crippen LogP contribution is 2.38. The van der Waals surface area contributed by atoms with Gasteiger partial charge >= 0.3 is 11.9 Å². The summed E-state index contributed by atoms with van der Waals surface area (Å²) in [5.74, 6) is -1.18. The van der Waals surface area contributed by atoms with Crippen molar-refractivity contribution in [2.75, 3.05) is 27.9 Å². The summed E-state index contributed by atoms with van der Waals surface area (Å²) in [6, 6.07) is 14.0. The molecule has 10 heteroatoms. The van der Waals surface area contributed by atoms with Gasteiger partial charge in [-0.2, -0.15) is 0 Å². The van der Waals surface area contributed by atoms with Crippen molar-refractivity contribution >= 4 is 40.7 Å². The standard InChI is InChI=1S/C27H26N2O7S/c1-5-36-27(32)21-20(16-8-12-18(34-3)13-9-16)22(26(31)35-4)25-29(23(21)28)24(30)19(37-25)14-15-6-10-17(33-2)11-7-15/h6-14,20H,5,28H2,1-4H3/b19-14-/t20-/m1/s1. The quantitative estimate of drug-likeness (QED) is 0.465. The second-order valence-electron chi connectivity index (χ2n) is 7.96. The van der Waals surface area contributed by atoms with Crippen molar-refractivity contribution in [3.63, 3.8) is 0 Å². The number of thiazole rings is 1. The first-order valence-corrected chi connectivity index (χ1v) is 12.2. The lowest BCUT2D eigenvalue weighted by Crippen LogP contribution is -2.41. The molecule has 0 aliphatic carbocycles. The van der Waals surface area contributed by atoms with Gasteiger partial charge in [0.1, 0.15) is 22.0 Å². The van der Waals surface area contributed by atoms with Crippen molar-refractivity contribution in [3.05, 3.63) is 84.8 Å². The molecule has 0 spiro atoms. The van der Waals surface area contributed by atoms with Gasteiger partial charge in [-0.05, 0) is 48.4 Å². The van der Waals surface area contributed by atoms with E-state index in [0.717, 1.165) is 16.9 Å². The van der Waals surface area contributed by atoms with Gasteiger partial charge in [0.25, 0.3) is 5.56 Å². The van der Waals surface area contributed by atoms with Crippen molar-refractivity contribution in [2.45, 2.75) is 12.8 Å². The number of methoxy groups -OCH3 is 3. The van der Waals surface area contributed by atoms with Gasteiger partial charge in [-0.1, -0.05) is 24.3 Å². The number of fused-ring (bicyclic) bond motifs is 1. The fraction of sp³-hybridized carbons (Fsp3) is 0.222. The highest BCUT2D eigenvalue weighted by molar-refractivity contribution is 7.07. The molecule has 2 N–H and O–H groups in total. The molecule has 1 aliphatic heterocycles. The van der Waals surface area contributed by atoms with E-state index in [2.05, 4.69) is 0 Å². The minimum absolute atomic E-state index is 0.0178. The molecule has 4 rings (SSSR count). The number of hydrogen-bond acceptors (Lipinski definition) is 9. The lowest BCUT2D eigenvalue weighted by Gasteiger charge is -2.26. The lowest BCUT2D eigenvalue weighted by atomic mass is 9.83. The number of nitrogens with two attached hydrogens (primary N) is 1. The predicted molar refractivity (Wildman–Crippen MR) is 140 cm³/mol. The molecule has 9 nitrogen and oxygen atoms in total. The molecular weight excluding hydrogens is 496 g/mol. The lowest BCUT2D eigenvalue weighted by molar-refractivity contribution is -0.138. The largest absolute Gasteiger partial charge is 0.497 e. The van der Waals surface area contributed by atoms with Crippen LogP contribution in [-0.2, 0) is 19.1 Å². The molecule has 0 amide bonds. The number of carbonyl (C=O) groups is 2. The molecule has 192 valence electrons. The van der Waals surface area contributed by atoms with Gasteiger partial charge in [0, 0.05) is 0 Å². The van der Waals surface area contributed by atoms with Crippen molar-refractivity contribution < 1.29 is 28.5 Å². The Morgan fingerprint density at radius 1 is 0.946 bits per heavy atom. The van der Waals surface area contributed by atoms with Crippen molar-refractivity contribution in [1.82, 2.24) is 4.57 Å². The first kappa shape index (κ1) is 25.8. The molecule has 0 unspecified atom stereocenters. The summed E-state index contributed by atoms with van der Waals surface area (Å²) in [5, 5.41) is 0. The number of aromatic nitrogens is 1. The molecule has 37 heavy (non-hydrogen) atoms. The molecule has 3 aromatic rings. The van der Waals surface area contributed by atoms with Crippen LogP contribution in [0.25, 0.3) is 17.5 Å². The van der Waals surface area contributed by atoms with Gasteiger partial charge in [-0.25, -0.2) is 9.59 Å². The Balaban J connectivity index is 2.06. The molecule has 1 aromatic heterocycles. The Bertz CT molecular complexity index is 1550. The number of rotatable bonds is 7. The summed E-state index contributed by atoms with van der Waals surface area (Å²) >= 11 is 1.09. The van der Waals surface area contributed by atoms with E-state index < -0.39 is 23.4 Å². The molecule has 0 fully saturated rings. The van der Waals surface area contributed by atoms with Crippen LogP contribution in [0.1, 0.15) is 24.0 Å². The van der Waals surface area contributed by atoms with Crippen LogP contribution >= 0.6 is 11.3 Å². The van der Waals surface area contributed by atoms with E-state index in [1.807, 2.05) is 0 Å². The Morgan fingerprint density at radius 3 is 2.08 bits per heavy atom. The zero-order valence-electron chi connectivity index (χ0n) is 20.8. The van der Waals surface area contributed by atoms with Crippen LogP contribution in [0.3, 0.4) is 0 Å². The number of ether oxygens (including phenoxy) is 4. The molecule has 0 saturated carbocycles.